The van der Waals surface area contributed by atoms with E-state index in [-0.39, 0.29) is 0 Å². The zero-order valence-corrected chi connectivity index (χ0v) is 13.4. The summed E-state index contributed by atoms with van der Waals surface area (Å²) in [6.07, 6.45) is 2.82. The van der Waals surface area contributed by atoms with Gasteiger partial charge in [0.2, 0.25) is 0 Å². The van der Waals surface area contributed by atoms with E-state index in [0.29, 0.717) is 6.54 Å². The van der Waals surface area contributed by atoms with Crippen LogP contribution >= 0.6 is 0 Å². The van der Waals surface area contributed by atoms with Crippen LogP contribution < -0.4 is 5.32 Å². The van der Waals surface area contributed by atoms with Crippen LogP contribution in [0.5, 0.6) is 0 Å². The van der Waals surface area contributed by atoms with Gasteiger partial charge in [0, 0.05) is 19.2 Å². The highest BCUT2D eigenvalue weighted by molar-refractivity contribution is 5.74. The fourth-order valence-corrected chi connectivity index (χ4v) is 1.28. The van der Waals surface area contributed by atoms with Gasteiger partial charge in [-0.3, -0.25) is 4.79 Å². The average molecular weight is 284 g/mol. The predicted octanol–water partition coefficient (Wildman–Crippen LogP) is 3.64. The van der Waals surface area contributed by atoms with E-state index in [2.05, 4.69) is 5.32 Å². The number of carbonyl (C=O) groups is 1. The van der Waals surface area contributed by atoms with Gasteiger partial charge in [-0.2, -0.15) is 0 Å². The standard InChI is InChI=1S/C8H8O.C6H15FN2.C2H6/c1-7-2-4-8(6-9)5-3-7;1-8-5-3-4-6-9(2)7;1-2/h2-6H,1H3;8H,3-6H2,1-2H3;1-2H3. The zero-order valence-electron chi connectivity index (χ0n) is 13.4. The molecule has 4 heteroatoms. The minimum absolute atomic E-state index is 0.543. The maximum Gasteiger partial charge on any atom is 0.150 e. The first kappa shape index (κ1) is 21.0. The third-order valence-corrected chi connectivity index (χ3v) is 2.36. The third kappa shape index (κ3) is 14.8. The number of halogens is 1. The second-order valence-corrected chi connectivity index (χ2v) is 4.17. The van der Waals surface area contributed by atoms with Crippen LogP contribution in [0.15, 0.2) is 24.3 Å². The smallest absolute Gasteiger partial charge is 0.150 e. The van der Waals surface area contributed by atoms with Crippen LogP contribution in [0.3, 0.4) is 0 Å². The minimum atomic E-state index is 0.543. The fraction of sp³-hybridized carbons (Fsp3) is 0.562. The molecular formula is C16H29FN2O. The van der Waals surface area contributed by atoms with Crippen LogP contribution in [-0.2, 0) is 0 Å². The number of carbonyl (C=O) groups excluding carboxylic acids is 1. The number of nitrogens with zero attached hydrogens (tertiary/aromatic N) is 1. The number of rotatable bonds is 6. The first-order valence-electron chi connectivity index (χ1n) is 7.13. The summed E-state index contributed by atoms with van der Waals surface area (Å²) in [6.45, 7) is 7.52. The Kier molecular flexibility index (Phi) is 16.6. The van der Waals surface area contributed by atoms with E-state index in [4.69, 9.17) is 0 Å². The molecule has 0 unspecified atom stereocenters. The van der Waals surface area contributed by atoms with Crippen molar-refractivity contribution in [3.8, 4) is 0 Å². The molecule has 116 valence electrons. The van der Waals surface area contributed by atoms with E-state index in [1.165, 1.54) is 12.6 Å². The van der Waals surface area contributed by atoms with Gasteiger partial charge in [0.1, 0.15) is 6.29 Å². The molecule has 0 saturated heterocycles. The van der Waals surface area contributed by atoms with E-state index < -0.39 is 0 Å². The van der Waals surface area contributed by atoms with Crippen molar-refractivity contribution in [2.75, 3.05) is 27.2 Å². The summed E-state index contributed by atoms with van der Waals surface area (Å²) in [5.74, 6) is 0. The molecule has 1 aromatic rings. The maximum absolute atomic E-state index is 11.9. The van der Waals surface area contributed by atoms with Gasteiger partial charge in [0.15, 0.2) is 0 Å². The molecule has 0 aromatic heterocycles. The van der Waals surface area contributed by atoms with Crippen molar-refractivity contribution in [2.45, 2.75) is 33.6 Å². The second kappa shape index (κ2) is 15.8. The van der Waals surface area contributed by atoms with E-state index in [9.17, 15) is 9.28 Å². The molecule has 0 heterocycles. The lowest BCUT2D eigenvalue weighted by molar-refractivity contribution is 0.0582. The van der Waals surface area contributed by atoms with Gasteiger partial charge in [-0.05, 0) is 33.4 Å². The van der Waals surface area contributed by atoms with Gasteiger partial charge < -0.3 is 5.32 Å². The highest BCUT2D eigenvalue weighted by atomic mass is 19.2. The molecular weight excluding hydrogens is 255 g/mol. The number of hydrogen-bond donors (Lipinski definition) is 1. The first-order valence-corrected chi connectivity index (χ1v) is 7.13. The quantitative estimate of drug-likeness (QED) is 0.492. The van der Waals surface area contributed by atoms with Crippen LogP contribution in [0, 0.1) is 6.92 Å². The average Bonchev–Trinajstić information content (AvgIpc) is 2.47. The van der Waals surface area contributed by atoms with Gasteiger partial charge in [0.05, 0.1) is 0 Å². The summed E-state index contributed by atoms with van der Waals surface area (Å²) in [7, 11) is 3.35. The molecule has 0 aliphatic heterocycles. The minimum Gasteiger partial charge on any atom is -0.320 e. The molecule has 0 aliphatic rings. The monoisotopic (exact) mass is 284 g/mol. The van der Waals surface area contributed by atoms with Crippen molar-refractivity contribution >= 4 is 6.29 Å². The Bertz CT molecular complexity index is 313. The Morgan fingerprint density at radius 3 is 2.15 bits per heavy atom. The van der Waals surface area contributed by atoms with E-state index in [1.54, 1.807) is 0 Å². The second-order valence-electron chi connectivity index (χ2n) is 4.17. The summed E-state index contributed by atoms with van der Waals surface area (Å²) in [4.78, 5) is 10.1. The molecule has 0 spiro atoms. The zero-order chi connectivity index (χ0) is 15.8. The van der Waals surface area contributed by atoms with E-state index in [1.807, 2.05) is 52.1 Å². The lowest BCUT2D eigenvalue weighted by Gasteiger charge is -2.03. The highest BCUT2D eigenvalue weighted by Gasteiger charge is 1.91. The number of nitrogens with one attached hydrogen (secondary N) is 1. The van der Waals surface area contributed by atoms with Gasteiger partial charge in [-0.25, -0.2) is 0 Å². The molecule has 0 aliphatic carbocycles. The maximum atomic E-state index is 11.9. The molecule has 0 amide bonds. The lowest BCUT2D eigenvalue weighted by atomic mass is 10.2. The summed E-state index contributed by atoms with van der Waals surface area (Å²) in [6, 6.07) is 7.46. The predicted molar refractivity (Wildman–Crippen MR) is 84.8 cm³/mol. The Labute approximate surface area is 123 Å². The molecule has 0 saturated carbocycles. The molecule has 0 atom stereocenters. The molecule has 0 bridgehead atoms. The largest absolute Gasteiger partial charge is 0.320 e. The fourth-order valence-electron chi connectivity index (χ4n) is 1.28. The van der Waals surface area contributed by atoms with Gasteiger partial charge in [-0.1, -0.05) is 43.7 Å². The third-order valence-electron chi connectivity index (χ3n) is 2.36. The summed E-state index contributed by atoms with van der Waals surface area (Å²) in [5.41, 5.74) is 1.92. The van der Waals surface area contributed by atoms with Crippen LogP contribution in [0.4, 0.5) is 4.48 Å². The van der Waals surface area contributed by atoms with Crippen molar-refractivity contribution in [3.63, 3.8) is 0 Å². The lowest BCUT2D eigenvalue weighted by Crippen LogP contribution is -2.12. The Morgan fingerprint density at radius 2 is 1.75 bits per heavy atom. The highest BCUT2D eigenvalue weighted by Crippen LogP contribution is 1.98. The Hall–Kier alpha value is -1.26. The topological polar surface area (TPSA) is 32.3 Å². The van der Waals surface area contributed by atoms with Crippen LogP contribution in [0.2, 0.25) is 0 Å². The molecule has 1 rings (SSSR count). The summed E-state index contributed by atoms with van der Waals surface area (Å²) < 4.78 is 11.9. The molecule has 1 N–H and O–H groups in total. The number of benzene rings is 1. The van der Waals surface area contributed by atoms with Crippen molar-refractivity contribution in [1.82, 2.24) is 10.4 Å². The number of aldehydes is 1. The van der Waals surface area contributed by atoms with Gasteiger partial charge in [0.25, 0.3) is 0 Å². The number of hydrogen-bond acceptors (Lipinski definition) is 3. The van der Waals surface area contributed by atoms with Crippen molar-refractivity contribution < 1.29 is 9.28 Å². The molecule has 3 nitrogen and oxygen atoms in total. The van der Waals surface area contributed by atoms with Crippen LogP contribution in [0.1, 0.15) is 42.6 Å². The summed E-state index contributed by atoms with van der Waals surface area (Å²) >= 11 is 0. The number of unbranched alkanes of at least 4 members (excludes halogenated alkanes) is 1. The van der Waals surface area contributed by atoms with Crippen LogP contribution in [0.25, 0.3) is 0 Å². The molecule has 20 heavy (non-hydrogen) atoms. The van der Waals surface area contributed by atoms with Gasteiger partial charge >= 0.3 is 0 Å². The van der Waals surface area contributed by atoms with E-state index >= 15 is 0 Å². The Morgan fingerprint density at radius 1 is 1.20 bits per heavy atom. The molecule has 0 fully saturated rings. The van der Waals surface area contributed by atoms with E-state index in [0.717, 1.165) is 36.4 Å². The Balaban J connectivity index is 0. The van der Waals surface area contributed by atoms with Crippen molar-refractivity contribution in [1.29, 1.82) is 0 Å². The SMILES string of the molecule is CC.CNCCCCN(C)F.Cc1ccc(C=O)cc1. The van der Waals surface area contributed by atoms with Gasteiger partial charge in [-0.15, -0.1) is 9.60 Å². The molecule has 1 aromatic carbocycles. The normalized spacial score (nSPS) is 9.15. The van der Waals surface area contributed by atoms with Crippen molar-refractivity contribution in [3.05, 3.63) is 35.4 Å². The van der Waals surface area contributed by atoms with Crippen molar-refractivity contribution in [2.24, 2.45) is 0 Å². The number of aryl methyl sites for hydroxylation is 1. The summed E-state index contributed by atoms with van der Waals surface area (Å²) in [5, 5.41) is 3.72. The molecule has 0 radical (unpaired) electrons. The van der Waals surface area contributed by atoms with Crippen LogP contribution in [-0.4, -0.2) is 38.6 Å². The first-order chi connectivity index (χ1) is 9.60.